The van der Waals surface area contributed by atoms with Crippen LogP contribution in [0.5, 0.6) is 0 Å². The zero-order valence-electron chi connectivity index (χ0n) is 8.77. The Labute approximate surface area is 88.8 Å². The minimum atomic E-state index is 0.702. The van der Waals surface area contributed by atoms with E-state index in [0.29, 0.717) is 5.82 Å². The van der Waals surface area contributed by atoms with E-state index in [0.717, 1.165) is 24.4 Å². The molecule has 4 nitrogen and oxygen atoms in total. The first-order valence-corrected chi connectivity index (χ1v) is 5.21. The molecule has 2 heterocycles. The largest absolute Gasteiger partial charge is 0.339 e. The van der Waals surface area contributed by atoms with Gasteiger partial charge in [-0.3, -0.25) is 0 Å². The lowest BCUT2D eigenvalue weighted by Gasteiger charge is -1.94. The van der Waals surface area contributed by atoms with E-state index < -0.39 is 0 Å². The van der Waals surface area contributed by atoms with Crippen LogP contribution in [-0.4, -0.2) is 19.9 Å². The van der Waals surface area contributed by atoms with Gasteiger partial charge in [0.1, 0.15) is 11.5 Å². The number of aromatic nitrogens is 4. The molecule has 4 heteroatoms. The maximum Gasteiger partial charge on any atom is 0.177 e. The summed E-state index contributed by atoms with van der Waals surface area (Å²) in [6, 6.07) is 1.80. The standard InChI is InChI=1S/C11H14N4/c1-2-3-5-10-14-8-9(15-10)11-12-6-4-7-13-11/h4,6-8H,2-3,5H2,1H3,(H,14,15). The molecule has 0 atom stereocenters. The number of nitrogens with zero attached hydrogens (tertiary/aromatic N) is 3. The molecule has 0 aliphatic carbocycles. The third kappa shape index (κ3) is 2.40. The summed E-state index contributed by atoms with van der Waals surface area (Å²) in [5.41, 5.74) is 0.890. The molecular formula is C11H14N4. The van der Waals surface area contributed by atoms with Gasteiger partial charge in [-0.25, -0.2) is 15.0 Å². The van der Waals surface area contributed by atoms with E-state index in [2.05, 4.69) is 26.9 Å². The first kappa shape index (κ1) is 9.83. The third-order valence-corrected chi connectivity index (χ3v) is 2.20. The maximum absolute atomic E-state index is 4.29. The van der Waals surface area contributed by atoms with Gasteiger partial charge in [-0.1, -0.05) is 13.3 Å². The zero-order chi connectivity index (χ0) is 10.5. The van der Waals surface area contributed by atoms with Crippen LogP contribution >= 0.6 is 0 Å². The minimum absolute atomic E-state index is 0.702. The molecule has 2 aromatic rings. The SMILES string of the molecule is CCCCc1ncc(-c2ncccn2)[nH]1. The first-order chi connectivity index (χ1) is 7.40. The summed E-state index contributed by atoms with van der Waals surface area (Å²) in [5, 5.41) is 0. The second-order valence-corrected chi connectivity index (χ2v) is 3.42. The quantitative estimate of drug-likeness (QED) is 0.827. The molecule has 2 rings (SSSR count). The van der Waals surface area contributed by atoms with E-state index in [4.69, 9.17) is 0 Å². The molecule has 0 radical (unpaired) electrons. The van der Waals surface area contributed by atoms with E-state index in [9.17, 15) is 0 Å². The van der Waals surface area contributed by atoms with Crippen LogP contribution in [0.2, 0.25) is 0 Å². The Kier molecular flexibility index (Phi) is 3.07. The molecule has 0 saturated heterocycles. The van der Waals surface area contributed by atoms with Gasteiger partial charge in [0.2, 0.25) is 0 Å². The molecule has 0 unspecified atom stereocenters. The summed E-state index contributed by atoms with van der Waals surface area (Å²) < 4.78 is 0. The summed E-state index contributed by atoms with van der Waals surface area (Å²) in [6.07, 6.45) is 8.58. The lowest BCUT2D eigenvalue weighted by Crippen LogP contribution is -1.89. The fourth-order valence-corrected chi connectivity index (χ4v) is 1.39. The van der Waals surface area contributed by atoms with Gasteiger partial charge in [-0.05, 0) is 12.5 Å². The van der Waals surface area contributed by atoms with Gasteiger partial charge >= 0.3 is 0 Å². The average molecular weight is 202 g/mol. The van der Waals surface area contributed by atoms with Crippen LogP contribution in [0.25, 0.3) is 11.5 Å². The summed E-state index contributed by atoms with van der Waals surface area (Å²) in [5.74, 6) is 1.71. The van der Waals surface area contributed by atoms with Gasteiger partial charge in [0.15, 0.2) is 5.82 Å². The zero-order valence-corrected chi connectivity index (χ0v) is 8.77. The van der Waals surface area contributed by atoms with Crippen molar-refractivity contribution in [2.24, 2.45) is 0 Å². The second kappa shape index (κ2) is 4.68. The minimum Gasteiger partial charge on any atom is -0.339 e. The predicted octanol–water partition coefficient (Wildman–Crippen LogP) is 2.21. The molecule has 78 valence electrons. The summed E-state index contributed by atoms with van der Waals surface area (Å²) in [7, 11) is 0. The van der Waals surface area contributed by atoms with Crippen molar-refractivity contribution >= 4 is 0 Å². The van der Waals surface area contributed by atoms with Crippen LogP contribution in [0.1, 0.15) is 25.6 Å². The highest BCUT2D eigenvalue weighted by Gasteiger charge is 2.04. The van der Waals surface area contributed by atoms with Crippen LogP contribution < -0.4 is 0 Å². The van der Waals surface area contributed by atoms with Crippen LogP contribution in [0.4, 0.5) is 0 Å². The number of hydrogen-bond donors (Lipinski definition) is 1. The molecule has 15 heavy (non-hydrogen) atoms. The van der Waals surface area contributed by atoms with Crippen molar-refractivity contribution in [3.8, 4) is 11.5 Å². The second-order valence-electron chi connectivity index (χ2n) is 3.42. The molecule has 0 fully saturated rings. The molecule has 0 amide bonds. The van der Waals surface area contributed by atoms with Gasteiger partial charge in [-0.15, -0.1) is 0 Å². The Hall–Kier alpha value is -1.71. The Bertz CT molecular complexity index is 408. The van der Waals surface area contributed by atoms with E-state index in [-0.39, 0.29) is 0 Å². The molecule has 0 bridgehead atoms. The molecule has 1 N–H and O–H groups in total. The first-order valence-electron chi connectivity index (χ1n) is 5.21. The number of H-pyrrole nitrogens is 1. The number of rotatable bonds is 4. The van der Waals surface area contributed by atoms with E-state index in [1.165, 1.54) is 6.42 Å². The van der Waals surface area contributed by atoms with Crippen molar-refractivity contribution in [2.45, 2.75) is 26.2 Å². The highest BCUT2D eigenvalue weighted by molar-refractivity contribution is 5.46. The molecule has 0 aromatic carbocycles. The molecule has 2 aromatic heterocycles. The topological polar surface area (TPSA) is 54.5 Å². The van der Waals surface area contributed by atoms with Crippen LogP contribution in [0.3, 0.4) is 0 Å². The molecule has 0 aliphatic heterocycles. The van der Waals surface area contributed by atoms with Gasteiger partial charge in [0.25, 0.3) is 0 Å². The van der Waals surface area contributed by atoms with Gasteiger partial charge in [-0.2, -0.15) is 0 Å². The smallest absolute Gasteiger partial charge is 0.177 e. The van der Waals surface area contributed by atoms with E-state index >= 15 is 0 Å². The summed E-state index contributed by atoms with van der Waals surface area (Å²) >= 11 is 0. The van der Waals surface area contributed by atoms with Gasteiger partial charge in [0.05, 0.1) is 6.20 Å². The number of unbranched alkanes of at least 4 members (excludes halogenated alkanes) is 1. The number of hydrogen-bond acceptors (Lipinski definition) is 3. The number of nitrogens with one attached hydrogen (secondary N) is 1. The number of aryl methyl sites for hydroxylation is 1. The monoisotopic (exact) mass is 202 g/mol. The molecule has 0 spiro atoms. The highest BCUT2D eigenvalue weighted by Crippen LogP contribution is 2.11. The van der Waals surface area contributed by atoms with Crippen molar-refractivity contribution in [1.82, 2.24) is 19.9 Å². The Morgan fingerprint density at radius 2 is 2.00 bits per heavy atom. The lowest BCUT2D eigenvalue weighted by molar-refractivity contribution is 0.762. The highest BCUT2D eigenvalue weighted by atomic mass is 15.0. The number of aromatic amines is 1. The summed E-state index contributed by atoms with van der Waals surface area (Å²) in [4.78, 5) is 15.8. The van der Waals surface area contributed by atoms with E-state index in [1.54, 1.807) is 24.7 Å². The maximum atomic E-state index is 4.29. The Morgan fingerprint density at radius 1 is 1.20 bits per heavy atom. The summed E-state index contributed by atoms with van der Waals surface area (Å²) in [6.45, 7) is 2.17. The fraction of sp³-hybridized carbons (Fsp3) is 0.364. The third-order valence-electron chi connectivity index (χ3n) is 2.20. The molecular weight excluding hydrogens is 188 g/mol. The average Bonchev–Trinajstić information content (AvgIpc) is 2.76. The van der Waals surface area contributed by atoms with Crippen molar-refractivity contribution in [1.29, 1.82) is 0 Å². The predicted molar refractivity (Wildman–Crippen MR) is 58.2 cm³/mol. The van der Waals surface area contributed by atoms with Crippen LogP contribution in [-0.2, 0) is 6.42 Å². The molecule has 0 saturated carbocycles. The van der Waals surface area contributed by atoms with Crippen molar-refractivity contribution < 1.29 is 0 Å². The number of imidazole rings is 1. The Balaban J connectivity index is 2.14. The van der Waals surface area contributed by atoms with Crippen molar-refractivity contribution in [3.05, 3.63) is 30.5 Å². The van der Waals surface area contributed by atoms with Crippen LogP contribution in [0.15, 0.2) is 24.7 Å². The van der Waals surface area contributed by atoms with Gasteiger partial charge < -0.3 is 4.98 Å². The Morgan fingerprint density at radius 3 is 2.73 bits per heavy atom. The fourth-order valence-electron chi connectivity index (χ4n) is 1.39. The van der Waals surface area contributed by atoms with E-state index in [1.807, 2.05) is 0 Å². The van der Waals surface area contributed by atoms with Crippen molar-refractivity contribution in [3.63, 3.8) is 0 Å². The lowest BCUT2D eigenvalue weighted by atomic mass is 10.2. The van der Waals surface area contributed by atoms with Gasteiger partial charge in [0, 0.05) is 18.8 Å². The van der Waals surface area contributed by atoms with Crippen molar-refractivity contribution in [2.75, 3.05) is 0 Å². The van der Waals surface area contributed by atoms with Crippen LogP contribution in [0, 0.1) is 0 Å². The molecule has 0 aliphatic rings. The normalized spacial score (nSPS) is 10.5.